The van der Waals surface area contributed by atoms with Crippen molar-refractivity contribution in [2.75, 3.05) is 0 Å². The molecule has 0 aromatic carbocycles. The molecule has 0 aliphatic heterocycles. The maximum atomic E-state index is 6.94. The van der Waals surface area contributed by atoms with E-state index in [1.165, 1.54) is 44.9 Å². The van der Waals surface area contributed by atoms with Crippen LogP contribution in [-0.2, 0) is 8.85 Å². The first kappa shape index (κ1) is 23.3. The zero-order valence-corrected chi connectivity index (χ0v) is 23.3. The highest BCUT2D eigenvalue weighted by molar-refractivity contribution is 6.70. The molecule has 30 heavy (non-hydrogen) atoms. The van der Waals surface area contributed by atoms with Crippen molar-refractivity contribution in [3.8, 4) is 0 Å². The van der Waals surface area contributed by atoms with Crippen molar-refractivity contribution < 1.29 is 8.85 Å². The van der Waals surface area contributed by atoms with Crippen LogP contribution in [0.25, 0.3) is 0 Å². The Balaban J connectivity index is 1.56. The monoisotopic (exact) mass is 448 g/mol. The predicted molar refractivity (Wildman–Crippen MR) is 133 cm³/mol. The fourth-order valence-electron chi connectivity index (χ4n) is 8.39. The van der Waals surface area contributed by atoms with E-state index in [9.17, 15) is 0 Å². The lowest BCUT2D eigenvalue weighted by molar-refractivity contribution is -0.125. The number of fused-ring (bicyclic) bond motifs is 5. The molecule has 4 aliphatic rings. The lowest BCUT2D eigenvalue weighted by Gasteiger charge is -2.61. The molecule has 3 unspecified atom stereocenters. The lowest BCUT2D eigenvalue weighted by Crippen LogP contribution is -2.57. The van der Waals surface area contributed by atoms with E-state index in [-0.39, 0.29) is 5.60 Å². The Labute approximate surface area is 188 Å². The first-order valence-electron chi connectivity index (χ1n) is 12.7. The largest absolute Gasteiger partial charge is 0.412 e. The van der Waals surface area contributed by atoms with E-state index in [0.717, 1.165) is 23.7 Å². The van der Waals surface area contributed by atoms with E-state index >= 15 is 0 Å². The van der Waals surface area contributed by atoms with Crippen LogP contribution >= 0.6 is 0 Å². The third-order valence-electron chi connectivity index (χ3n) is 9.72. The molecule has 4 rings (SSSR count). The zero-order valence-electron chi connectivity index (χ0n) is 21.3. The van der Waals surface area contributed by atoms with Gasteiger partial charge in [0.2, 0.25) is 0 Å². The van der Waals surface area contributed by atoms with Gasteiger partial charge in [-0.15, -0.1) is 0 Å². The second-order valence-corrected chi connectivity index (χ2v) is 22.7. The van der Waals surface area contributed by atoms with Gasteiger partial charge in [-0.25, -0.2) is 0 Å². The molecule has 0 amide bonds. The molecular weight excluding hydrogens is 400 g/mol. The molecule has 8 atom stereocenters. The van der Waals surface area contributed by atoms with Crippen LogP contribution in [0.4, 0.5) is 0 Å². The van der Waals surface area contributed by atoms with Crippen molar-refractivity contribution in [1.82, 2.24) is 0 Å². The second kappa shape index (κ2) is 7.30. The van der Waals surface area contributed by atoms with Crippen molar-refractivity contribution in [3.05, 3.63) is 12.2 Å². The van der Waals surface area contributed by atoms with Gasteiger partial charge in [-0.2, -0.15) is 0 Å². The third kappa shape index (κ3) is 3.86. The first-order chi connectivity index (χ1) is 13.7. The van der Waals surface area contributed by atoms with Crippen molar-refractivity contribution in [2.24, 2.45) is 34.5 Å². The Morgan fingerprint density at radius 1 is 0.800 bits per heavy atom. The first-order valence-corrected chi connectivity index (χ1v) is 19.6. The molecule has 0 N–H and O–H groups in total. The molecular formula is C26H48O2Si2. The highest BCUT2D eigenvalue weighted by Crippen LogP contribution is 2.68. The van der Waals surface area contributed by atoms with Gasteiger partial charge in [0, 0.05) is 0 Å². The summed E-state index contributed by atoms with van der Waals surface area (Å²) < 4.78 is 13.4. The summed E-state index contributed by atoms with van der Waals surface area (Å²) in [4.78, 5) is 0. The zero-order chi connectivity index (χ0) is 22.2. The lowest BCUT2D eigenvalue weighted by atomic mass is 9.45. The Hall–Kier alpha value is 0.0938. The fraction of sp³-hybridized carbons (Fsp3) is 0.923. The molecule has 0 bridgehead atoms. The molecule has 2 nitrogen and oxygen atoms in total. The summed E-state index contributed by atoms with van der Waals surface area (Å²) in [5.41, 5.74) is 0.825. The second-order valence-electron chi connectivity index (χ2n) is 13.8. The predicted octanol–water partition coefficient (Wildman–Crippen LogP) is 7.64. The van der Waals surface area contributed by atoms with Crippen LogP contribution in [0.1, 0.15) is 65.7 Å². The molecule has 0 radical (unpaired) electrons. The number of allylic oxidation sites excluding steroid dienone is 1. The summed E-state index contributed by atoms with van der Waals surface area (Å²) in [6.45, 7) is 21.8. The Kier molecular flexibility index (Phi) is 5.66. The minimum absolute atomic E-state index is 0.0868. The van der Waals surface area contributed by atoms with Crippen molar-refractivity contribution in [1.29, 1.82) is 0 Å². The Morgan fingerprint density at radius 2 is 1.47 bits per heavy atom. The molecule has 0 saturated heterocycles. The molecule has 4 heteroatoms. The summed E-state index contributed by atoms with van der Waals surface area (Å²) >= 11 is 0. The van der Waals surface area contributed by atoms with E-state index in [1.807, 2.05) is 0 Å². The van der Waals surface area contributed by atoms with Gasteiger partial charge in [0.05, 0.1) is 11.7 Å². The maximum Gasteiger partial charge on any atom is 0.184 e. The highest BCUT2D eigenvalue weighted by Gasteiger charge is 2.64. The molecule has 172 valence electrons. The maximum absolute atomic E-state index is 6.94. The topological polar surface area (TPSA) is 18.5 Å². The van der Waals surface area contributed by atoms with Crippen LogP contribution in [0.2, 0.25) is 39.3 Å². The van der Waals surface area contributed by atoms with E-state index in [2.05, 4.69) is 72.2 Å². The number of hydrogen-bond donors (Lipinski definition) is 0. The average Bonchev–Trinajstić information content (AvgIpc) is 2.83. The van der Waals surface area contributed by atoms with E-state index in [0.29, 0.717) is 16.9 Å². The minimum Gasteiger partial charge on any atom is -0.412 e. The van der Waals surface area contributed by atoms with E-state index in [4.69, 9.17) is 8.85 Å². The number of rotatable bonds is 4. The van der Waals surface area contributed by atoms with Gasteiger partial charge in [0.1, 0.15) is 0 Å². The summed E-state index contributed by atoms with van der Waals surface area (Å²) in [5, 5.41) is 0. The highest BCUT2D eigenvalue weighted by atomic mass is 28.4. The van der Waals surface area contributed by atoms with E-state index in [1.54, 1.807) is 0 Å². The van der Waals surface area contributed by atoms with Crippen LogP contribution in [-0.4, -0.2) is 28.3 Å². The summed E-state index contributed by atoms with van der Waals surface area (Å²) in [5.74, 6) is 3.39. The normalized spacial score (nSPS) is 48.8. The van der Waals surface area contributed by atoms with Crippen LogP contribution in [0.5, 0.6) is 0 Å². The summed E-state index contributed by atoms with van der Waals surface area (Å²) in [6, 6.07) is 0. The summed E-state index contributed by atoms with van der Waals surface area (Å²) in [7, 11) is -3.04. The van der Waals surface area contributed by atoms with Crippen LogP contribution in [0, 0.1) is 34.5 Å². The van der Waals surface area contributed by atoms with Crippen molar-refractivity contribution in [3.63, 3.8) is 0 Å². The van der Waals surface area contributed by atoms with Crippen LogP contribution in [0.15, 0.2) is 12.2 Å². The molecule has 0 aromatic heterocycles. The van der Waals surface area contributed by atoms with Gasteiger partial charge in [0.15, 0.2) is 16.6 Å². The summed E-state index contributed by atoms with van der Waals surface area (Å²) in [6.07, 6.45) is 14.9. The van der Waals surface area contributed by atoms with Gasteiger partial charge in [-0.1, -0.05) is 26.0 Å². The van der Waals surface area contributed by atoms with E-state index < -0.39 is 16.6 Å². The molecule has 4 aliphatic carbocycles. The average molecular weight is 449 g/mol. The fourth-order valence-corrected chi connectivity index (χ4v) is 11.2. The molecule has 0 heterocycles. The van der Waals surface area contributed by atoms with Crippen LogP contribution < -0.4 is 0 Å². The third-order valence-corrected chi connectivity index (χ3v) is 11.8. The van der Waals surface area contributed by atoms with Crippen molar-refractivity contribution >= 4 is 16.6 Å². The van der Waals surface area contributed by atoms with Gasteiger partial charge >= 0.3 is 0 Å². The Bertz CT molecular complexity index is 692. The van der Waals surface area contributed by atoms with Gasteiger partial charge < -0.3 is 8.85 Å². The number of hydrogen-bond acceptors (Lipinski definition) is 2. The molecule has 3 fully saturated rings. The van der Waals surface area contributed by atoms with Crippen LogP contribution in [0.3, 0.4) is 0 Å². The quantitative estimate of drug-likeness (QED) is 0.325. The van der Waals surface area contributed by atoms with Gasteiger partial charge in [0.25, 0.3) is 0 Å². The SMILES string of the molecule is C[C@@]1(O[Si](C)(C)C)CCC2C3CC[C@@H]4C[C@H](O[Si](C)(C)C)C=C[C@]4(C)C3CC[C@@]21C. The smallest absolute Gasteiger partial charge is 0.184 e. The van der Waals surface area contributed by atoms with Crippen molar-refractivity contribution in [2.45, 2.75) is 117 Å². The molecule has 0 spiro atoms. The standard InChI is InChI=1S/C26H48O2Si2/c1-24-15-12-20(27-29(4,5)6)18-19(24)10-11-21-22(24)13-16-25(2)23(21)14-17-26(25,3)28-30(7,8)9/h12,15,19-23H,10-11,13-14,16-18H2,1-9H3/t19-,20-,21?,22?,23?,24+,25+,26-/m1/s1. The molecule has 0 aromatic rings. The minimum atomic E-state index is -1.55. The van der Waals surface area contributed by atoms with Gasteiger partial charge in [-0.05, 0) is 126 Å². The molecule has 3 saturated carbocycles. The Morgan fingerprint density at radius 3 is 2.10 bits per heavy atom. The van der Waals surface area contributed by atoms with Gasteiger partial charge in [-0.3, -0.25) is 0 Å².